The smallest absolute Gasteiger partial charge is 0.288 e. The number of carbonyl (C=O) groups excluding carboxylic acids is 1. The summed E-state index contributed by atoms with van der Waals surface area (Å²) < 4.78 is 0. The predicted octanol–water partition coefficient (Wildman–Crippen LogP) is 0.212. The van der Waals surface area contributed by atoms with Crippen molar-refractivity contribution < 1.29 is 10.0 Å². The largest absolute Gasteiger partial charge is 0.293 e. The molecule has 0 fully saturated rings. The first-order chi connectivity index (χ1) is 5.63. The van der Waals surface area contributed by atoms with E-state index in [0.29, 0.717) is 11.5 Å². The number of nitrogens with one attached hydrogen (secondary N) is 1. The van der Waals surface area contributed by atoms with Crippen LogP contribution in [0.1, 0.15) is 22.0 Å². The number of amides is 1. The van der Waals surface area contributed by atoms with Crippen LogP contribution in [0, 0.1) is 13.8 Å². The fraction of sp³-hybridized carbons (Fsp3) is 0.286. The van der Waals surface area contributed by atoms with Crippen LogP contribution in [-0.2, 0) is 0 Å². The van der Waals surface area contributed by atoms with Gasteiger partial charge in [0.25, 0.3) is 5.91 Å². The maximum Gasteiger partial charge on any atom is 0.293 e. The molecule has 0 aliphatic heterocycles. The van der Waals surface area contributed by atoms with Crippen molar-refractivity contribution in [2.45, 2.75) is 13.8 Å². The molecule has 0 aromatic carbocycles. The van der Waals surface area contributed by atoms with Gasteiger partial charge >= 0.3 is 0 Å². The molecule has 1 amide bonds. The van der Waals surface area contributed by atoms with Gasteiger partial charge in [-0.25, -0.2) is 15.4 Å². The summed E-state index contributed by atoms with van der Waals surface area (Å²) in [6.07, 6.45) is 0. The Morgan fingerprint density at radius 2 is 2.17 bits per heavy atom. The topological polar surface area (TPSA) is 75.1 Å². The van der Waals surface area contributed by atoms with Gasteiger partial charge in [-0.2, -0.15) is 0 Å². The average molecular weight is 167 g/mol. The fourth-order valence-electron chi connectivity index (χ4n) is 0.891. The van der Waals surface area contributed by atoms with Crippen molar-refractivity contribution >= 4 is 5.91 Å². The number of hydrogen-bond donors (Lipinski definition) is 2. The van der Waals surface area contributed by atoms with Crippen LogP contribution < -0.4 is 5.48 Å². The van der Waals surface area contributed by atoms with Crippen molar-refractivity contribution in [1.29, 1.82) is 0 Å². The van der Waals surface area contributed by atoms with Crippen LogP contribution in [0.3, 0.4) is 0 Å². The molecule has 64 valence electrons. The number of carbonyl (C=O) groups is 1. The van der Waals surface area contributed by atoms with Crippen LogP contribution in [0.4, 0.5) is 0 Å². The Hall–Kier alpha value is -1.49. The van der Waals surface area contributed by atoms with E-state index in [1.165, 1.54) is 11.5 Å². The van der Waals surface area contributed by atoms with E-state index in [2.05, 4.69) is 9.97 Å². The molecule has 0 saturated heterocycles. The maximum absolute atomic E-state index is 10.9. The summed E-state index contributed by atoms with van der Waals surface area (Å²) in [4.78, 5) is 18.7. The fourth-order valence-corrected chi connectivity index (χ4v) is 0.891. The predicted molar refractivity (Wildman–Crippen MR) is 40.8 cm³/mol. The van der Waals surface area contributed by atoms with E-state index in [0.717, 1.165) is 0 Å². The number of aromatic nitrogens is 2. The minimum atomic E-state index is -0.622. The van der Waals surface area contributed by atoms with Gasteiger partial charge in [0.1, 0.15) is 11.5 Å². The normalized spacial score (nSPS) is 9.58. The van der Waals surface area contributed by atoms with E-state index in [-0.39, 0.29) is 5.69 Å². The lowest BCUT2D eigenvalue weighted by Gasteiger charge is -2.00. The summed E-state index contributed by atoms with van der Waals surface area (Å²) in [5.74, 6) is -0.114. The number of hydrogen-bond acceptors (Lipinski definition) is 4. The summed E-state index contributed by atoms with van der Waals surface area (Å²) in [5.41, 5.74) is 2.37. The highest BCUT2D eigenvalue weighted by Gasteiger charge is 2.06. The Morgan fingerprint density at radius 3 is 2.67 bits per heavy atom. The number of hydroxylamine groups is 1. The second-order valence-corrected chi connectivity index (χ2v) is 2.38. The molecule has 5 heteroatoms. The molecule has 0 saturated carbocycles. The van der Waals surface area contributed by atoms with Crippen LogP contribution in [0.25, 0.3) is 0 Å². The van der Waals surface area contributed by atoms with Crippen molar-refractivity contribution in [2.75, 3.05) is 0 Å². The minimum Gasteiger partial charge on any atom is -0.288 e. The average Bonchev–Trinajstić information content (AvgIpc) is 2.01. The molecule has 0 radical (unpaired) electrons. The monoisotopic (exact) mass is 167 g/mol. The summed E-state index contributed by atoms with van der Waals surface area (Å²) in [5, 5.41) is 8.31. The lowest BCUT2D eigenvalue weighted by molar-refractivity contribution is 0.0700. The second kappa shape index (κ2) is 3.27. The van der Waals surface area contributed by atoms with Gasteiger partial charge in [0, 0.05) is 5.69 Å². The summed E-state index contributed by atoms with van der Waals surface area (Å²) in [6, 6.07) is 1.50. The number of nitrogens with zero attached hydrogens (tertiary/aromatic N) is 2. The van der Waals surface area contributed by atoms with Gasteiger partial charge < -0.3 is 0 Å². The van der Waals surface area contributed by atoms with E-state index in [1.807, 2.05) is 0 Å². The van der Waals surface area contributed by atoms with Crippen molar-refractivity contribution in [2.24, 2.45) is 0 Å². The van der Waals surface area contributed by atoms with E-state index in [4.69, 9.17) is 5.21 Å². The molecule has 0 bridgehead atoms. The van der Waals surface area contributed by atoms with Crippen LogP contribution in [0.2, 0.25) is 0 Å². The molecule has 1 heterocycles. The Labute approximate surface area is 69.4 Å². The zero-order valence-electron chi connectivity index (χ0n) is 6.83. The maximum atomic E-state index is 10.9. The van der Waals surface area contributed by atoms with Crippen LogP contribution >= 0.6 is 0 Å². The highest BCUT2D eigenvalue weighted by molar-refractivity contribution is 5.91. The van der Waals surface area contributed by atoms with Crippen LogP contribution in [-0.4, -0.2) is 21.1 Å². The van der Waals surface area contributed by atoms with Gasteiger partial charge in [-0.15, -0.1) is 0 Å². The zero-order chi connectivity index (χ0) is 9.14. The van der Waals surface area contributed by atoms with Gasteiger partial charge in [0.15, 0.2) is 0 Å². The third-order valence-electron chi connectivity index (χ3n) is 1.30. The quantitative estimate of drug-likeness (QED) is 0.463. The second-order valence-electron chi connectivity index (χ2n) is 2.38. The molecule has 0 atom stereocenters. The van der Waals surface area contributed by atoms with Gasteiger partial charge in [0.05, 0.1) is 0 Å². The molecular formula is C7H9N3O2. The standard InChI is InChI=1S/C7H9N3O2/c1-4-3-6(7(11)10-12)9-5(2)8-4/h3,12H,1-2H3,(H,10,11). The Bertz CT molecular complexity index is 291. The Kier molecular flexibility index (Phi) is 2.35. The molecule has 1 aromatic heterocycles. The first kappa shape index (κ1) is 8.61. The van der Waals surface area contributed by atoms with Gasteiger partial charge in [-0.1, -0.05) is 0 Å². The molecule has 2 N–H and O–H groups in total. The molecule has 1 rings (SSSR count). The third-order valence-corrected chi connectivity index (χ3v) is 1.30. The third kappa shape index (κ3) is 1.76. The highest BCUT2D eigenvalue weighted by Crippen LogP contribution is 1.98. The van der Waals surface area contributed by atoms with Crippen LogP contribution in [0.15, 0.2) is 6.07 Å². The first-order valence-electron chi connectivity index (χ1n) is 3.40. The van der Waals surface area contributed by atoms with E-state index < -0.39 is 5.91 Å². The summed E-state index contributed by atoms with van der Waals surface area (Å²) in [7, 11) is 0. The molecule has 0 unspecified atom stereocenters. The van der Waals surface area contributed by atoms with E-state index >= 15 is 0 Å². The number of aryl methyl sites for hydroxylation is 2. The van der Waals surface area contributed by atoms with Gasteiger partial charge in [-0.05, 0) is 19.9 Å². The Balaban J connectivity index is 3.08. The zero-order valence-corrected chi connectivity index (χ0v) is 6.83. The molecule has 0 aliphatic carbocycles. The highest BCUT2D eigenvalue weighted by atomic mass is 16.5. The summed E-state index contributed by atoms with van der Waals surface area (Å²) >= 11 is 0. The first-order valence-corrected chi connectivity index (χ1v) is 3.40. The molecular weight excluding hydrogens is 158 g/mol. The van der Waals surface area contributed by atoms with Gasteiger partial charge in [-0.3, -0.25) is 10.0 Å². The molecule has 12 heavy (non-hydrogen) atoms. The number of rotatable bonds is 1. The summed E-state index contributed by atoms with van der Waals surface area (Å²) in [6.45, 7) is 3.43. The molecule has 0 spiro atoms. The van der Waals surface area contributed by atoms with Crippen LogP contribution in [0.5, 0.6) is 0 Å². The van der Waals surface area contributed by atoms with Crippen molar-refractivity contribution in [3.05, 3.63) is 23.3 Å². The Morgan fingerprint density at radius 1 is 1.50 bits per heavy atom. The van der Waals surface area contributed by atoms with Crippen molar-refractivity contribution in [3.8, 4) is 0 Å². The molecule has 0 aliphatic rings. The molecule has 5 nitrogen and oxygen atoms in total. The SMILES string of the molecule is Cc1cc(C(=O)NO)nc(C)n1. The van der Waals surface area contributed by atoms with Gasteiger partial charge in [0.2, 0.25) is 0 Å². The van der Waals surface area contributed by atoms with E-state index in [1.54, 1.807) is 13.8 Å². The minimum absolute atomic E-state index is 0.169. The van der Waals surface area contributed by atoms with Crippen molar-refractivity contribution in [3.63, 3.8) is 0 Å². The lowest BCUT2D eigenvalue weighted by Crippen LogP contribution is -2.20. The van der Waals surface area contributed by atoms with Crippen molar-refractivity contribution in [1.82, 2.24) is 15.4 Å². The van der Waals surface area contributed by atoms with E-state index in [9.17, 15) is 4.79 Å². The lowest BCUT2D eigenvalue weighted by atomic mass is 10.3. The molecule has 1 aromatic rings.